The predicted molar refractivity (Wildman–Crippen MR) is 59.8 cm³/mol. The summed E-state index contributed by atoms with van der Waals surface area (Å²) in [6, 6.07) is 3.12. The van der Waals surface area contributed by atoms with E-state index >= 15 is 0 Å². The van der Waals surface area contributed by atoms with Crippen molar-refractivity contribution in [1.82, 2.24) is 10.3 Å². The molecule has 8 heteroatoms. The number of furan rings is 1. The average Bonchev–Trinajstić information content (AvgIpc) is 2.99. The Morgan fingerprint density at radius 2 is 2.39 bits per heavy atom. The number of hydrogen-bond acceptors (Lipinski definition) is 6. The van der Waals surface area contributed by atoms with Crippen molar-refractivity contribution in [1.29, 1.82) is 0 Å². The van der Waals surface area contributed by atoms with Crippen LogP contribution in [0.1, 0.15) is 23.9 Å². The SMILES string of the molecule is CC1=NOC(CC(=O)NN)N1C(=O)c1ccco1. The lowest BCUT2D eigenvalue weighted by atomic mass is 10.3. The van der Waals surface area contributed by atoms with Gasteiger partial charge in [0.15, 0.2) is 11.6 Å². The molecular formula is C10H12N4O4. The molecule has 1 aliphatic rings. The molecule has 0 aromatic carbocycles. The van der Waals surface area contributed by atoms with Crippen LogP contribution in [-0.4, -0.2) is 28.8 Å². The van der Waals surface area contributed by atoms with Gasteiger partial charge < -0.3 is 9.25 Å². The quantitative estimate of drug-likeness (QED) is 0.439. The van der Waals surface area contributed by atoms with E-state index in [2.05, 4.69) is 5.16 Å². The molecule has 2 heterocycles. The van der Waals surface area contributed by atoms with Crippen molar-refractivity contribution in [3.05, 3.63) is 24.2 Å². The molecule has 0 fully saturated rings. The number of nitrogens with two attached hydrogens (primary N) is 1. The summed E-state index contributed by atoms with van der Waals surface area (Å²) in [6.07, 6.45) is 0.466. The van der Waals surface area contributed by atoms with Crippen LogP contribution >= 0.6 is 0 Å². The summed E-state index contributed by atoms with van der Waals surface area (Å²) < 4.78 is 5.01. The van der Waals surface area contributed by atoms with Gasteiger partial charge in [-0.2, -0.15) is 0 Å². The molecule has 0 bridgehead atoms. The second-order valence-electron chi connectivity index (χ2n) is 3.62. The molecule has 18 heavy (non-hydrogen) atoms. The molecule has 1 aromatic rings. The van der Waals surface area contributed by atoms with Crippen LogP contribution in [0.3, 0.4) is 0 Å². The van der Waals surface area contributed by atoms with Crippen molar-refractivity contribution in [2.45, 2.75) is 19.6 Å². The van der Waals surface area contributed by atoms with E-state index in [1.165, 1.54) is 17.2 Å². The highest BCUT2D eigenvalue weighted by atomic mass is 16.7. The molecule has 1 atom stereocenters. The second-order valence-corrected chi connectivity index (χ2v) is 3.62. The molecule has 0 saturated heterocycles. The van der Waals surface area contributed by atoms with Gasteiger partial charge in [-0.15, -0.1) is 0 Å². The molecule has 96 valence electrons. The molecule has 8 nitrogen and oxygen atoms in total. The average molecular weight is 252 g/mol. The Bertz CT molecular complexity index is 482. The fraction of sp³-hybridized carbons (Fsp3) is 0.300. The number of hydrazine groups is 1. The second kappa shape index (κ2) is 4.88. The van der Waals surface area contributed by atoms with E-state index in [0.717, 1.165) is 0 Å². The van der Waals surface area contributed by atoms with E-state index in [0.29, 0.717) is 5.84 Å². The van der Waals surface area contributed by atoms with E-state index < -0.39 is 18.0 Å². The summed E-state index contributed by atoms with van der Waals surface area (Å²) in [5.41, 5.74) is 1.97. The van der Waals surface area contributed by atoms with Gasteiger partial charge in [0, 0.05) is 0 Å². The van der Waals surface area contributed by atoms with Crippen molar-refractivity contribution < 1.29 is 18.8 Å². The maximum atomic E-state index is 12.1. The normalized spacial score (nSPS) is 18.2. The van der Waals surface area contributed by atoms with Gasteiger partial charge in [0.2, 0.25) is 12.1 Å². The minimum atomic E-state index is -0.814. The largest absolute Gasteiger partial charge is 0.459 e. The van der Waals surface area contributed by atoms with Crippen LogP contribution in [0, 0.1) is 0 Å². The molecule has 1 unspecified atom stereocenters. The van der Waals surface area contributed by atoms with Crippen molar-refractivity contribution in [2.75, 3.05) is 0 Å². The summed E-state index contributed by atoms with van der Waals surface area (Å²) in [5.74, 6) is 4.61. The zero-order valence-electron chi connectivity index (χ0n) is 9.62. The lowest BCUT2D eigenvalue weighted by Gasteiger charge is -2.20. The van der Waals surface area contributed by atoms with E-state index in [1.807, 2.05) is 5.43 Å². The van der Waals surface area contributed by atoms with Gasteiger partial charge in [-0.3, -0.25) is 19.9 Å². The molecular weight excluding hydrogens is 240 g/mol. The Morgan fingerprint density at radius 3 is 3.00 bits per heavy atom. The van der Waals surface area contributed by atoms with Gasteiger partial charge in [0.05, 0.1) is 12.7 Å². The van der Waals surface area contributed by atoms with Gasteiger partial charge in [-0.1, -0.05) is 5.16 Å². The fourth-order valence-corrected chi connectivity index (χ4v) is 1.58. The number of hydrogen-bond donors (Lipinski definition) is 2. The van der Waals surface area contributed by atoms with Crippen LogP contribution in [0.25, 0.3) is 0 Å². The van der Waals surface area contributed by atoms with Gasteiger partial charge in [0.1, 0.15) is 0 Å². The molecule has 0 aliphatic carbocycles. The maximum absolute atomic E-state index is 12.1. The zero-order chi connectivity index (χ0) is 13.1. The smallest absolute Gasteiger partial charge is 0.298 e. The third kappa shape index (κ3) is 2.18. The highest BCUT2D eigenvalue weighted by molar-refractivity contribution is 6.05. The Balaban J connectivity index is 2.15. The summed E-state index contributed by atoms with van der Waals surface area (Å²) in [6.45, 7) is 1.60. The topological polar surface area (TPSA) is 110 Å². The van der Waals surface area contributed by atoms with Crippen molar-refractivity contribution in [2.24, 2.45) is 11.0 Å². The minimum Gasteiger partial charge on any atom is -0.459 e. The minimum absolute atomic E-state index is 0.107. The number of carbonyl (C=O) groups is 2. The Morgan fingerprint density at radius 1 is 1.61 bits per heavy atom. The van der Waals surface area contributed by atoms with E-state index in [-0.39, 0.29) is 12.2 Å². The molecule has 3 N–H and O–H groups in total. The van der Waals surface area contributed by atoms with E-state index in [4.69, 9.17) is 15.1 Å². The van der Waals surface area contributed by atoms with Crippen LogP contribution in [-0.2, 0) is 9.63 Å². The number of amides is 2. The number of amidine groups is 1. The number of nitrogens with one attached hydrogen (secondary N) is 1. The first kappa shape index (κ1) is 12.1. The number of rotatable bonds is 3. The standard InChI is InChI=1S/C10H12N4O4/c1-6-13-18-9(5-8(15)12-11)14(6)10(16)7-3-2-4-17-7/h2-4,9H,5,11H2,1H3,(H,12,15). The van der Waals surface area contributed by atoms with Crippen molar-refractivity contribution in [3.63, 3.8) is 0 Å². The first-order valence-corrected chi connectivity index (χ1v) is 5.20. The van der Waals surface area contributed by atoms with Gasteiger partial charge >= 0.3 is 0 Å². The Hall–Kier alpha value is -2.35. The summed E-state index contributed by atoms with van der Waals surface area (Å²) in [5, 5.41) is 3.68. The number of carbonyl (C=O) groups excluding carboxylic acids is 2. The molecule has 0 saturated carbocycles. The van der Waals surface area contributed by atoms with Gasteiger partial charge in [0.25, 0.3) is 5.91 Å². The van der Waals surface area contributed by atoms with Crippen LogP contribution < -0.4 is 11.3 Å². The van der Waals surface area contributed by atoms with Crippen LogP contribution in [0.5, 0.6) is 0 Å². The molecule has 1 aromatic heterocycles. The molecule has 0 radical (unpaired) electrons. The fourth-order valence-electron chi connectivity index (χ4n) is 1.58. The van der Waals surface area contributed by atoms with Crippen molar-refractivity contribution in [3.8, 4) is 0 Å². The predicted octanol–water partition coefficient (Wildman–Crippen LogP) is -0.208. The van der Waals surface area contributed by atoms with Crippen LogP contribution in [0.2, 0.25) is 0 Å². The van der Waals surface area contributed by atoms with Gasteiger partial charge in [-0.05, 0) is 19.1 Å². The summed E-state index contributed by atoms with van der Waals surface area (Å²) in [7, 11) is 0. The maximum Gasteiger partial charge on any atom is 0.298 e. The first-order chi connectivity index (χ1) is 8.63. The van der Waals surface area contributed by atoms with E-state index in [1.54, 1.807) is 13.0 Å². The Labute approximate surface area is 102 Å². The van der Waals surface area contributed by atoms with Crippen molar-refractivity contribution >= 4 is 17.6 Å². The van der Waals surface area contributed by atoms with Crippen LogP contribution in [0.4, 0.5) is 0 Å². The number of oxime groups is 1. The third-order valence-corrected chi connectivity index (χ3v) is 2.41. The lowest BCUT2D eigenvalue weighted by molar-refractivity contribution is -0.125. The summed E-state index contributed by atoms with van der Waals surface area (Å²) >= 11 is 0. The highest BCUT2D eigenvalue weighted by Gasteiger charge is 2.36. The highest BCUT2D eigenvalue weighted by Crippen LogP contribution is 2.19. The van der Waals surface area contributed by atoms with Crippen LogP contribution in [0.15, 0.2) is 28.0 Å². The van der Waals surface area contributed by atoms with E-state index in [9.17, 15) is 9.59 Å². The van der Waals surface area contributed by atoms with Gasteiger partial charge in [-0.25, -0.2) is 5.84 Å². The number of nitrogens with zero attached hydrogens (tertiary/aromatic N) is 2. The molecule has 1 aliphatic heterocycles. The monoisotopic (exact) mass is 252 g/mol. The molecule has 2 amide bonds. The lowest BCUT2D eigenvalue weighted by Crippen LogP contribution is -2.43. The third-order valence-electron chi connectivity index (χ3n) is 2.41. The Kier molecular flexibility index (Phi) is 3.28. The molecule has 2 rings (SSSR count). The molecule has 0 spiro atoms. The zero-order valence-corrected chi connectivity index (χ0v) is 9.62. The summed E-state index contributed by atoms with van der Waals surface area (Å²) in [4.78, 5) is 29.6. The first-order valence-electron chi connectivity index (χ1n) is 5.20.